The first kappa shape index (κ1) is 11.4. The van der Waals surface area contributed by atoms with Gasteiger partial charge in [-0.05, 0) is 13.0 Å². The number of pyridine rings is 1. The van der Waals surface area contributed by atoms with E-state index in [0.717, 1.165) is 6.54 Å². The van der Waals surface area contributed by atoms with Crippen molar-refractivity contribution >= 4 is 5.97 Å². The number of aromatic nitrogens is 1. The van der Waals surface area contributed by atoms with Crippen molar-refractivity contribution in [2.75, 3.05) is 0 Å². The van der Waals surface area contributed by atoms with Crippen LogP contribution in [0.1, 0.15) is 17.3 Å². The van der Waals surface area contributed by atoms with E-state index >= 15 is 0 Å². The Morgan fingerprint density at radius 3 is 2.83 bits per heavy atom. The molecule has 1 rings (SSSR count). The number of carbonyl (C=O) groups is 1. The van der Waals surface area contributed by atoms with Crippen LogP contribution in [-0.2, 0) is 6.54 Å². The van der Waals surface area contributed by atoms with E-state index in [1.165, 1.54) is 0 Å². The van der Waals surface area contributed by atoms with Gasteiger partial charge in [-0.3, -0.25) is 0 Å². The maximum Gasteiger partial charge on any atom is 0.341 e. The van der Waals surface area contributed by atoms with Crippen molar-refractivity contribution in [2.45, 2.75) is 13.5 Å². The highest BCUT2D eigenvalue weighted by molar-refractivity contribution is 5.86. The zero-order chi connectivity index (χ0) is 8.27. The summed E-state index contributed by atoms with van der Waals surface area (Å²) in [5.41, 5.74) is 0.328. The summed E-state index contributed by atoms with van der Waals surface area (Å²) >= 11 is 0. The van der Waals surface area contributed by atoms with Gasteiger partial charge in [0, 0.05) is 6.07 Å². The molecule has 0 amide bonds. The molecule has 1 N–H and O–H groups in total. The van der Waals surface area contributed by atoms with E-state index in [0.29, 0.717) is 5.56 Å². The largest absolute Gasteiger partial charge is 1.00 e. The summed E-state index contributed by atoms with van der Waals surface area (Å²) in [6.07, 6.45) is 3.45. The first-order valence-electron chi connectivity index (χ1n) is 3.46. The number of nitrogens with zero attached hydrogens (tertiary/aromatic N) is 1. The SMILES string of the molecule is CC[n+]1cccc(C(=O)O)c1.[I-]. The lowest BCUT2D eigenvalue weighted by Crippen LogP contribution is -3.00. The van der Waals surface area contributed by atoms with E-state index in [2.05, 4.69) is 0 Å². The highest BCUT2D eigenvalue weighted by Gasteiger charge is 2.05. The van der Waals surface area contributed by atoms with Crippen molar-refractivity contribution in [1.82, 2.24) is 0 Å². The minimum Gasteiger partial charge on any atom is -1.00 e. The van der Waals surface area contributed by atoms with E-state index < -0.39 is 5.97 Å². The Kier molecular flexibility index (Phi) is 4.80. The van der Waals surface area contributed by atoms with E-state index in [-0.39, 0.29) is 24.0 Å². The lowest BCUT2D eigenvalue weighted by atomic mass is 10.3. The number of carboxylic acids is 1. The van der Waals surface area contributed by atoms with Gasteiger partial charge >= 0.3 is 5.97 Å². The number of hydrogen-bond acceptors (Lipinski definition) is 1. The van der Waals surface area contributed by atoms with Crippen molar-refractivity contribution in [3.05, 3.63) is 30.1 Å². The summed E-state index contributed by atoms with van der Waals surface area (Å²) in [4.78, 5) is 10.5. The Morgan fingerprint density at radius 2 is 2.33 bits per heavy atom. The van der Waals surface area contributed by atoms with E-state index in [4.69, 9.17) is 5.11 Å². The third-order valence-corrected chi connectivity index (χ3v) is 1.47. The standard InChI is InChI=1S/C8H9NO2.HI/c1-2-9-5-3-4-7(6-9)8(10)11;/h3-6H,2H2,1H3;1H. The fourth-order valence-electron chi connectivity index (χ4n) is 0.845. The molecule has 0 bridgehead atoms. The van der Waals surface area contributed by atoms with Gasteiger partial charge in [-0.15, -0.1) is 0 Å². The molecule has 3 nitrogen and oxygen atoms in total. The number of aryl methyl sites for hydroxylation is 1. The molecule has 0 atom stereocenters. The second-order valence-corrected chi connectivity index (χ2v) is 2.23. The number of rotatable bonds is 2. The minimum atomic E-state index is -0.882. The molecule has 12 heavy (non-hydrogen) atoms. The lowest BCUT2D eigenvalue weighted by Gasteiger charge is -1.92. The molecule has 0 saturated carbocycles. The third kappa shape index (κ3) is 2.77. The molecule has 0 aliphatic heterocycles. The average Bonchev–Trinajstić information content (AvgIpc) is 2.05. The van der Waals surface area contributed by atoms with Crippen LogP contribution in [0.15, 0.2) is 24.5 Å². The van der Waals surface area contributed by atoms with Crippen molar-refractivity contribution in [3.8, 4) is 0 Å². The summed E-state index contributed by atoms with van der Waals surface area (Å²) in [5, 5.41) is 8.59. The molecule has 0 aliphatic carbocycles. The fourth-order valence-corrected chi connectivity index (χ4v) is 0.845. The zero-order valence-electron chi connectivity index (χ0n) is 6.70. The molecule has 66 valence electrons. The van der Waals surface area contributed by atoms with Gasteiger partial charge in [-0.25, -0.2) is 9.36 Å². The van der Waals surface area contributed by atoms with Crippen LogP contribution >= 0.6 is 0 Å². The number of hydrogen-bond donors (Lipinski definition) is 1. The summed E-state index contributed by atoms with van der Waals surface area (Å²) in [7, 11) is 0. The van der Waals surface area contributed by atoms with Gasteiger partial charge in [-0.1, -0.05) is 0 Å². The number of halogens is 1. The molecular formula is C8H10INO2. The smallest absolute Gasteiger partial charge is 0.341 e. The Bertz CT molecular complexity index is 276. The van der Waals surface area contributed by atoms with Crippen LogP contribution in [0.25, 0.3) is 0 Å². The number of aromatic carboxylic acids is 1. The van der Waals surface area contributed by atoms with Gasteiger partial charge in [-0.2, -0.15) is 0 Å². The molecule has 0 fully saturated rings. The predicted octanol–water partition coefficient (Wildman–Crippen LogP) is -2.30. The van der Waals surface area contributed by atoms with E-state index in [9.17, 15) is 4.79 Å². The van der Waals surface area contributed by atoms with Crippen molar-refractivity contribution in [2.24, 2.45) is 0 Å². The molecule has 0 unspecified atom stereocenters. The zero-order valence-corrected chi connectivity index (χ0v) is 8.85. The van der Waals surface area contributed by atoms with Gasteiger partial charge < -0.3 is 29.1 Å². The first-order valence-corrected chi connectivity index (χ1v) is 3.46. The summed E-state index contributed by atoms with van der Waals surface area (Å²) in [6.45, 7) is 2.76. The molecule has 0 saturated heterocycles. The van der Waals surface area contributed by atoms with E-state index in [1.807, 2.05) is 17.7 Å². The van der Waals surface area contributed by atoms with Crippen LogP contribution in [0, 0.1) is 0 Å². The predicted molar refractivity (Wildman–Crippen MR) is 39.3 cm³/mol. The molecule has 1 aromatic rings. The van der Waals surface area contributed by atoms with Gasteiger partial charge in [0.1, 0.15) is 12.1 Å². The Hall–Kier alpha value is -0.650. The highest BCUT2D eigenvalue weighted by atomic mass is 127. The van der Waals surface area contributed by atoms with Gasteiger partial charge in [0.05, 0.1) is 0 Å². The first-order chi connectivity index (χ1) is 5.24. The van der Waals surface area contributed by atoms with Crippen molar-refractivity contribution < 1.29 is 38.4 Å². The maximum atomic E-state index is 10.5. The number of carboxylic acid groups (broad SMARTS) is 1. The topological polar surface area (TPSA) is 41.2 Å². The summed E-state index contributed by atoms with van der Waals surface area (Å²) < 4.78 is 1.82. The summed E-state index contributed by atoms with van der Waals surface area (Å²) in [6, 6.07) is 3.31. The quantitative estimate of drug-likeness (QED) is 0.488. The normalized spacial score (nSPS) is 8.75. The average molecular weight is 279 g/mol. The Morgan fingerprint density at radius 1 is 1.67 bits per heavy atom. The van der Waals surface area contributed by atoms with Crippen LogP contribution in [-0.4, -0.2) is 11.1 Å². The summed E-state index contributed by atoms with van der Waals surface area (Å²) in [5.74, 6) is -0.882. The van der Waals surface area contributed by atoms with Crippen LogP contribution in [0.5, 0.6) is 0 Å². The molecule has 0 aliphatic rings. The van der Waals surface area contributed by atoms with Gasteiger partial charge in [0.2, 0.25) is 0 Å². The highest BCUT2D eigenvalue weighted by Crippen LogP contribution is 1.92. The van der Waals surface area contributed by atoms with Crippen LogP contribution in [0.2, 0.25) is 0 Å². The monoisotopic (exact) mass is 279 g/mol. The Balaban J connectivity index is 0.00000121. The maximum absolute atomic E-state index is 10.5. The molecule has 0 radical (unpaired) electrons. The van der Waals surface area contributed by atoms with E-state index in [1.54, 1.807) is 18.3 Å². The molecule has 0 aromatic carbocycles. The van der Waals surface area contributed by atoms with Gasteiger partial charge in [0.15, 0.2) is 12.4 Å². The third-order valence-electron chi connectivity index (χ3n) is 1.47. The van der Waals surface area contributed by atoms with Crippen molar-refractivity contribution in [3.63, 3.8) is 0 Å². The van der Waals surface area contributed by atoms with Crippen LogP contribution in [0.4, 0.5) is 0 Å². The minimum absolute atomic E-state index is 0. The molecular weight excluding hydrogens is 269 g/mol. The molecule has 0 spiro atoms. The van der Waals surface area contributed by atoms with Gasteiger partial charge in [0.25, 0.3) is 0 Å². The van der Waals surface area contributed by atoms with Crippen molar-refractivity contribution in [1.29, 1.82) is 0 Å². The van der Waals surface area contributed by atoms with Crippen LogP contribution in [0.3, 0.4) is 0 Å². The lowest BCUT2D eigenvalue weighted by molar-refractivity contribution is -0.693. The molecule has 1 aromatic heterocycles. The second-order valence-electron chi connectivity index (χ2n) is 2.23. The van der Waals surface area contributed by atoms with Crippen LogP contribution < -0.4 is 28.5 Å². The molecule has 1 heterocycles. The second kappa shape index (κ2) is 5.08. The molecule has 4 heteroatoms. The fraction of sp³-hybridized carbons (Fsp3) is 0.250. The Labute approximate surface area is 88.1 Å².